The van der Waals surface area contributed by atoms with Gasteiger partial charge in [0.2, 0.25) is 0 Å². The van der Waals surface area contributed by atoms with Crippen molar-refractivity contribution in [1.29, 1.82) is 0 Å². The lowest BCUT2D eigenvalue weighted by Crippen LogP contribution is -2.40. The highest BCUT2D eigenvalue weighted by atomic mass is 16.3. The van der Waals surface area contributed by atoms with E-state index in [0.29, 0.717) is 12.0 Å². The SMILES string of the molecule is CCN(CCCO)CC(C)(C)CNC. The van der Waals surface area contributed by atoms with Crippen LogP contribution < -0.4 is 5.32 Å². The van der Waals surface area contributed by atoms with Crippen LogP contribution in [0, 0.1) is 5.41 Å². The van der Waals surface area contributed by atoms with Crippen molar-refractivity contribution >= 4 is 0 Å². The lowest BCUT2D eigenvalue weighted by Gasteiger charge is -2.31. The Morgan fingerprint density at radius 3 is 2.43 bits per heavy atom. The third-order valence-electron chi connectivity index (χ3n) is 2.39. The Hall–Kier alpha value is -0.120. The van der Waals surface area contributed by atoms with Gasteiger partial charge in [-0.2, -0.15) is 0 Å². The van der Waals surface area contributed by atoms with E-state index in [1.165, 1.54) is 0 Å². The van der Waals surface area contributed by atoms with E-state index in [4.69, 9.17) is 5.11 Å². The molecule has 0 aliphatic rings. The van der Waals surface area contributed by atoms with Gasteiger partial charge in [0.15, 0.2) is 0 Å². The van der Waals surface area contributed by atoms with Crippen LogP contribution in [0.1, 0.15) is 27.2 Å². The molecule has 0 aromatic carbocycles. The quantitative estimate of drug-likeness (QED) is 0.615. The zero-order valence-corrected chi connectivity index (χ0v) is 10.1. The van der Waals surface area contributed by atoms with E-state index in [1.807, 2.05) is 7.05 Å². The van der Waals surface area contributed by atoms with Gasteiger partial charge in [0.25, 0.3) is 0 Å². The molecule has 0 aromatic heterocycles. The number of nitrogens with one attached hydrogen (secondary N) is 1. The Bertz CT molecular complexity index is 137. The maximum absolute atomic E-state index is 8.77. The smallest absolute Gasteiger partial charge is 0.0443 e. The van der Waals surface area contributed by atoms with Crippen LogP contribution in [0.25, 0.3) is 0 Å². The Balaban J connectivity index is 3.89. The number of hydrogen-bond acceptors (Lipinski definition) is 3. The normalized spacial score (nSPS) is 12.4. The lowest BCUT2D eigenvalue weighted by atomic mass is 9.92. The van der Waals surface area contributed by atoms with Crippen LogP contribution in [0.4, 0.5) is 0 Å². The van der Waals surface area contributed by atoms with Gasteiger partial charge in [0.05, 0.1) is 0 Å². The Morgan fingerprint density at radius 1 is 1.36 bits per heavy atom. The van der Waals surface area contributed by atoms with E-state index in [0.717, 1.165) is 32.6 Å². The first kappa shape index (κ1) is 13.9. The molecule has 0 aliphatic carbocycles. The van der Waals surface area contributed by atoms with Gasteiger partial charge < -0.3 is 15.3 Å². The van der Waals surface area contributed by atoms with Gasteiger partial charge >= 0.3 is 0 Å². The highest BCUT2D eigenvalue weighted by Gasteiger charge is 2.19. The van der Waals surface area contributed by atoms with Crippen molar-refractivity contribution in [3.8, 4) is 0 Å². The van der Waals surface area contributed by atoms with Gasteiger partial charge in [-0.1, -0.05) is 20.8 Å². The summed E-state index contributed by atoms with van der Waals surface area (Å²) in [6, 6.07) is 0. The first-order chi connectivity index (χ1) is 6.55. The van der Waals surface area contributed by atoms with E-state index in [9.17, 15) is 0 Å². The van der Waals surface area contributed by atoms with Crippen molar-refractivity contribution in [3.63, 3.8) is 0 Å². The number of aliphatic hydroxyl groups excluding tert-OH is 1. The number of nitrogens with zero attached hydrogens (tertiary/aromatic N) is 1. The molecule has 3 heteroatoms. The van der Waals surface area contributed by atoms with Crippen molar-refractivity contribution < 1.29 is 5.11 Å². The molecular formula is C11H26N2O. The van der Waals surface area contributed by atoms with Crippen molar-refractivity contribution in [2.45, 2.75) is 27.2 Å². The molecule has 0 saturated heterocycles. The molecule has 86 valence electrons. The number of hydrogen-bond donors (Lipinski definition) is 2. The summed E-state index contributed by atoms with van der Waals surface area (Å²) < 4.78 is 0. The molecule has 0 radical (unpaired) electrons. The summed E-state index contributed by atoms with van der Waals surface area (Å²) in [6.07, 6.45) is 0.878. The van der Waals surface area contributed by atoms with Crippen LogP contribution in [-0.2, 0) is 0 Å². The monoisotopic (exact) mass is 202 g/mol. The molecule has 0 aromatic rings. The first-order valence-electron chi connectivity index (χ1n) is 5.53. The fraction of sp³-hybridized carbons (Fsp3) is 1.00. The van der Waals surface area contributed by atoms with Gasteiger partial charge in [-0.15, -0.1) is 0 Å². The van der Waals surface area contributed by atoms with Crippen molar-refractivity contribution in [1.82, 2.24) is 10.2 Å². The maximum Gasteiger partial charge on any atom is 0.0443 e. The third kappa shape index (κ3) is 6.35. The summed E-state index contributed by atoms with van der Waals surface area (Å²) in [6.45, 7) is 11.2. The van der Waals surface area contributed by atoms with Crippen LogP contribution in [0.2, 0.25) is 0 Å². The van der Waals surface area contributed by atoms with E-state index in [2.05, 4.69) is 31.0 Å². The molecule has 0 rings (SSSR count). The van der Waals surface area contributed by atoms with Crippen LogP contribution in [0.15, 0.2) is 0 Å². The Kier molecular flexibility index (Phi) is 7.15. The maximum atomic E-state index is 8.77. The molecule has 3 nitrogen and oxygen atoms in total. The summed E-state index contributed by atoms with van der Waals surface area (Å²) in [5.41, 5.74) is 0.306. The zero-order valence-electron chi connectivity index (χ0n) is 10.1. The minimum Gasteiger partial charge on any atom is -0.396 e. The predicted molar refractivity (Wildman–Crippen MR) is 61.5 cm³/mol. The van der Waals surface area contributed by atoms with Crippen LogP contribution in [-0.4, -0.2) is 49.8 Å². The molecule has 0 unspecified atom stereocenters. The molecule has 0 saturated carbocycles. The molecule has 0 bridgehead atoms. The van der Waals surface area contributed by atoms with E-state index < -0.39 is 0 Å². The highest BCUT2D eigenvalue weighted by molar-refractivity contribution is 4.75. The molecule has 0 atom stereocenters. The highest BCUT2D eigenvalue weighted by Crippen LogP contribution is 2.15. The van der Waals surface area contributed by atoms with Crippen LogP contribution in [0.3, 0.4) is 0 Å². The van der Waals surface area contributed by atoms with E-state index in [1.54, 1.807) is 0 Å². The molecule has 0 fully saturated rings. The van der Waals surface area contributed by atoms with Gasteiger partial charge in [0.1, 0.15) is 0 Å². The minimum atomic E-state index is 0.295. The third-order valence-corrected chi connectivity index (χ3v) is 2.39. The van der Waals surface area contributed by atoms with Gasteiger partial charge in [-0.05, 0) is 25.4 Å². The summed E-state index contributed by atoms with van der Waals surface area (Å²) >= 11 is 0. The van der Waals surface area contributed by atoms with E-state index in [-0.39, 0.29) is 0 Å². The molecule has 0 amide bonds. The van der Waals surface area contributed by atoms with Crippen molar-refractivity contribution in [2.75, 3.05) is 39.8 Å². The molecule has 2 N–H and O–H groups in total. The molecule has 14 heavy (non-hydrogen) atoms. The summed E-state index contributed by atoms with van der Waals surface area (Å²) in [5, 5.41) is 12.0. The fourth-order valence-electron chi connectivity index (χ4n) is 1.78. The molecule has 0 heterocycles. The largest absolute Gasteiger partial charge is 0.396 e. The van der Waals surface area contributed by atoms with Crippen LogP contribution in [0.5, 0.6) is 0 Å². The van der Waals surface area contributed by atoms with Gasteiger partial charge in [0, 0.05) is 26.2 Å². The summed E-state index contributed by atoms with van der Waals surface area (Å²) in [5.74, 6) is 0. The molecular weight excluding hydrogens is 176 g/mol. The predicted octanol–water partition coefficient (Wildman–Crippen LogP) is 0.936. The molecule has 0 spiro atoms. The first-order valence-corrected chi connectivity index (χ1v) is 5.53. The summed E-state index contributed by atoms with van der Waals surface area (Å²) in [7, 11) is 1.99. The fourth-order valence-corrected chi connectivity index (χ4v) is 1.78. The average Bonchev–Trinajstić information content (AvgIpc) is 2.12. The van der Waals surface area contributed by atoms with Crippen LogP contribution >= 0.6 is 0 Å². The van der Waals surface area contributed by atoms with Gasteiger partial charge in [-0.3, -0.25) is 0 Å². The van der Waals surface area contributed by atoms with E-state index >= 15 is 0 Å². The minimum absolute atomic E-state index is 0.295. The summed E-state index contributed by atoms with van der Waals surface area (Å²) in [4.78, 5) is 2.40. The number of rotatable bonds is 8. The lowest BCUT2D eigenvalue weighted by molar-refractivity contribution is 0.167. The van der Waals surface area contributed by atoms with Gasteiger partial charge in [-0.25, -0.2) is 0 Å². The van der Waals surface area contributed by atoms with Crippen molar-refractivity contribution in [2.24, 2.45) is 5.41 Å². The second-order valence-corrected chi connectivity index (χ2v) is 4.64. The molecule has 0 aliphatic heterocycles. The Labute approximate surface area is 88.5 Å². The second-order valence-electron chi connectivity index (χ2n) is 4.64. The Morgan fingerprint density at radius 2 is 2.00 bits per heavy atom. The van der Waals surface area contributed by atoms with Crippen molar-refractivity contribution in [3.05, 3.63) is 0 Å². The number of aliphatic hydroxyl groups is 1. The second kappa shape index (κ2) is 7.21. The standard InChI is InChI=1S/C11H26N2O/c1-5-13(7-6-8-14)10-11(2,3)9-12-4/h12,14H,5-10H2,1-4H3. The topological polar surface area (TPSA) is 35.5 Å². The average molecular weight is 202 g/mol. The zero-order chi connectivity index (χ0) is 11.0.